The highest BCUT2D eigenvalue weighted by molar-refractivity contribution is 7.96. The number of amides is 2. The van der Waals surface area contributed by atoms with Crippen molar-refractivity contribution >= 4 is 38.3 Å². The summed E-state index contributed by atoms with van der Waals surface area (Å²) in [5, 5.41) is 0.794. The van der Waals surface area contributed by atoms with Gasteiger partial charge in [0.25, 0.3) is 11.8 Å². The van der Waals surface area contributed by atoms with Crippen LogP contribution in [0.1, 0.15) is 26.3 Å². The number of aryl methyl sites for hydroxylation is 1. The van der Waals surface area contributed by atoms with Gasteiger partial charge in [-0.25, -0.2) is 4.21 Å². The lowest BCUT2D eigenvalue weighted by atomic mass is 9.92. The first-order chi connectivity index (χ1) is 11.0. The van der Waals surface area contributed by atoms with Crippen molar-refractivity contribution in [2.45, 2.75) is 12.4 Å². The molecule has 2 aromatic rings. The standard InChI is InChI=1S/C15H10F3NO4S/c1-8-6-7-9-4-3-5-10-12(9)11(8)14(21)19(13(10)20)23-24(2,22)15(16,17)18/h3-7H,2H2,1H3. The Morgan fingerprint density at radius 2 is 1.79 bits per heavy atom. The molecule has 1 unspecified atom stereocenters. The maximum Gasteiger partial charge on any atom is 0.488 e. The lowest BCUT2D eigenvalue weighted by Gasteiger charge is -2.28. The van der Waals surface area contributed by atoms with Crippen LogP contribution >= 0.6 is 0 Å². The molecule has 2 aromatic carbocycles. The largest absolute Gasteiger partial charge is 0.488 e. The molecule has 0 saturated carbocycles. The number of rotatable bonds is 2. The average Bonchev–Trinajstić information content (AvgIpc) is 2.48. The van der Waals surface area contributed by atoms with Crippen LogP contribution in [-0.4, -0.2) is 32.5 Å². The molecule has 24 heavy (non-hydrogen) atoms. The first kappa shape index (κ1) is 16.5. The van der Waals surface area contributed by atoms with Gasteiger partial charge in [-0.05, 0) is 29.8 Å². The number of carbonyl (C=O) groups excluding carboxylic acids is 2. The van der Waals surface area contributed by atoms with E-state index in [-0.39, 0.29) is 16.2 Å². The highest BCUT2D eigenvalue weighted by Crippen LogP contribution is 2.34. The number of imide groups is 1. The van der Waals surface area contributed by atoms with Gasteiger partial charge in [-0.2, -0.15) is 17.5 Å². The van der Waals surface area contributed by atoms with Crippen molar-refractivity contribution in [1.29, 1.82) is 0 Å². The Balaban J connectivity index is 2.20. The number of halogens is 3. The molecular weight excluding hydrogens is 347 g/mol. The molecule has 1 heterocycles. The van der Waals surface area contributed by atoms with Gasteiger partial charge < -0.3 is 0 Å². The first-order valence-electron chi connectivity index (χ1n) is 6.59. The van der Waals surface area contributed by atoms with Gasteiger partial charge in [0.05, 0.1) is 11.1 Å². The zero-order chi connectivity index (χ0) is 17.9. The second-order valence-electron chi connectivity index (χ2n) is 5.20. The molecule has 9 heteroatoms. The van der Waals surface area contributed by atoms with E-state index in [1.807, 2.05) is 0 Å². The first-order valence-corrected chi connectivity index (χ1v) is 8.24. The Morgan fingerprint density at radius 3 is 2.42 bits per heavy atom. The van der Waals surface area contributed by atoms with E-state index < -0.39 is 27.1 Å². The summed E-state index contributed by atoms with van der Waals surface area (Å²) in [6.07, 6.45) is 0. The summed E-state index contributed by atoms with van der Waals surface area (Å²) in [5.74, 6) is 0.236. The van der Waals surface area contributed by atoms with Crippen molar-refractivity contribution in [3.63, 3.8) is 0 Å². The summed E-state index contributed by atoms with van der Waals surface area (Å²) in [4.78, 5) is 24.9. The Morgan fingerprint density at radius 1 is 1.12 bits per heavy atom. The third-order valence-electron chi connectivity index (χ3n) is 3.61. The number of nitrogens with zero attached hydrogens (tertiary/aromatic N) is 1. The van der Waals surface area contributed by atoms with E-state index in [4.69, 9.17) is 0 Å². The van der Waals surface area contributed by atoms with Gasteiger partial charge in [-0.3, -0.25) is 9.59 Å². The van der Waals surface area contributed by atoms with Crippen LogP contribution in [0.5, 0.6) is 0 Å². The molecule has 0 N–H and O–H groups in total. The molecule has 0 bridgehead atoms. The maximum absolute atomic E-state index is 12.7. The summed E-state index contributed by atoms with van der Waals surface area (Å²) in [6.45, 7) is 1.57. The maximum atomic E-state index is 12.7. The molecule has 0 fully saturated rings. The van der Waals surface area contributed by atoms with Crippen LogP contribution in [0.3, 0.4) is 0 Å². The number of alkyl halides is 3. The zero-order valence-electron chi connectivity index (χ0n) is 12.2. The van der Waals surface area contributed by atoms with Crippen molar-refractivity contribution in [2.75, 3.05) is 0 Å². The quantitative estimate of drug-likeness (QED) is 0.612. The van der Waals surface area contributed by atoms with E-state index in [0.29, 0.717) is 16.3 Å². The summed E-state index contributed by atoms with van der Waals surface area (Å²) in [6, 6.07) is 7.83. The van der Waals surface area contributed by atoms with Crippen LogP contribution in [0.2, 0.25) is 0 Å². The number of hydroxylamine groups is 2. The summed E-state index contributed by atoms with van der Waals surface area (Å²) in [5.41, 5.74) is -4.86. The fraction of sp³-hybridized carbons (Fsp3) is 0.133. The van der Waals surface area contributed by atoms with Crippen LogP contribution in [0.15, 0.2) is 30.3 Å². The van der Waals surface area contributed by atoms with Gasteiger partial charge in [0.15, 0.2) is 0 Å². The van der Waals surface area contributed by atoms with Crippen LogP contribution in [0, 0.1) is 6.92 Å². The van der Waals surface area contributed by atoms with Crippen molar-refractivity contribution in [3.05, 3.63) is 47.0 Å². The van der Waals surface area contributed by atoms with E-state index in [1.54, 1.807) is 25.1 Å². The Bertz CT molecular complexity index is 996. The summed E-state index contributed by atoms with van der Waals surface area (Å²) < 4.78 is 54.0. The molecule has 5 nitrogen and oxygen atoms in total. The monoisotopic (exact) mass is 357 g/mol. The van der Waals surface area contributed by atoms with Crippen LogP contribution < -0.4 is 0 Å². The third-order valence-corrected chi connectivity index (χ3v) is 4.71. The predicted molar refractivity (Wildman–Crippen MR) is 81.6 cm³/mol. The van der Waals surface area contributed by atoms with Gasteiger partial charge in [0.1, 0.15) is 0 Å². The fourth-order valence-electron chi connectivity index (χ4n) is 2.47. The van der Waals surface area contributed by atoms with E-state index in [1.165, 1.54) is 12.1 Å². The smallest absolute Gasteiger partial charge is 0.266 e. The normalized spacial score (nSPS) is 17.2. The number of hydrogen-bond donors (Lipinski definition) is 0. The second kappa shape index (κ2) is 5.05. The lowest BCUT2D eigenvalue weighted by molar-refractivity contribution is -0.0685. The van der Waals surface area contributed by atoms with Crippen molar-refractivity contribution in [3.8, 4) is 0 Å². The Kier molecular flexibility index (Phi) is 3.47. The van der Waals surface area contributed by atoms with Gasteiger partial charge >= 0.3 is 5.51 Å². The van der Waals surface area contributed by atoms with Gasteiger partial charge in [-0.15, -0.1) is 5.06 Å². The van der Waals surface area contributed by atoms with Crippen LogP contribution in [-0.2, 0) is 14.1 Å². The van der Waals surface area contributed by atoms with Crippen LogP contribution in [0.25, 0.3) is 10.8 Å². The molecule has 1 aliphatic rings. The zero-order valence-corrected chi connectivity index (χ0v) is 13.0. The molecule has 2 amide bonds. The highest BCUT2D eigenvalue weighted by atomic mass is 32.2. The van der Waals surface area contributed by atoms with Crippen LogP contribution in [0.4, 0.5) is 13.2 Å². The van der Waals surface area contributed by atoms with Gasteiger partial charge in [0.2, 0.25) is 9.80 Å². The number of hydrogen-bond acceptors (Lipinski definition) is 4. The lowest BCUT2D eigenvalue weighted by Crippen LogP contribution is -2.44. The molecule has 1 aliphatic heterocycles. The molecule has 126 valence electrons. The number of carbonyl (C=O) groups is 2. The molecule has 0 aliphatic carbocycles. The van der Waals surface area contributed by atoms with Gasteiger partial charge in [0, 0.05) is 5.39 Å². The van der Waals surface area contributed by atoms with E-state index >= 15 is 0 Å². The van der Waals surface area contributed by atoms with E-state index in [2.05, 4.69) is 10.2 Å². The summed E-state index contributed by atoms with van der Waals surface area (Å²) in [7, 11) is -5.16. The minimum atomic E-state index is -5.33. The van der Waals surface area contributed by atoms with E-state index in [9.17, 15) is 27.0 Å². The van der Waals surface area contributed by atoms with Crippen molar-refractivity contribution in [1.82, 2.24) is 5.06 Å². The fourth-order valence-corrected chi connectivity index (χ4v) is 2.93. The average molecular weight is 357 g/mol. The Labute approximate surface area is 134 Å². The molecular formula is C15H10F3NO4S. The molecule has 0 saturated heterocycles. The molecule has 0 spiro atoms. The molecule has 3 rings (SSSR count). The van der Waals surface area contributed by atoms with Crippen molar-refractivity contribution < 1.29 is 31.3 Å². The molecule has 0 radical (unpaired) electrons. The summed E-state index contributed by atoms with van der Waals surface area (Å²) >= 11 is 0. The Hall–Kier alpha value is -2.39. The third kappa shape index (κ3) is 2.28. The molecule has 1 atom stereocenters. The van der Waals surface area contributed by atoms with Gasteiger partial charge in [-0.1, -0.05) is 24.3 Å². The number of benzene rings is 2. The predicted octanol–water partition coefficient (Wildman–Crippen LogP) is 2.83. The minimum absolute atomic E-state index is 0.0109. The highest BCUT2D eigenvalue weighted by Gasteiger charge is 2.46. The topological polar surface area (TPSA) is 63.7 Å². The SMILES string of the molecule is C=S(=O)(ON1C(=O)c2cccc3ccc(C)c(c23)C1=O)C(F)(F)F. The van der Waals surface area contributed by atoms with Crippen molar-refractivity contribution in [2.24, 2.45) is 0 Å². The minimum Gasteiger partial charge on any atom is -0.266 e. The van der Waals surface area contributed by atoms with E-state index in [0.717, 1.165) is 0 Å². The second-order valence-corrected chi connectivity index (χ2v) is 7.04. The molecule has 0 aromatic heterocycles.